The molecule has 0 bridgehead atoms. The first-order valence-electron chi connectivity index (χ1n) is 7.34. The van der Waals surface area contributed by atoms with Crippen molar-refractivity contribution in [3.8, 4) is 5.75 Å². The molecule has 1 atom stereocenters. The molecule has 1 unspecified atom stereocenters. The summed E-state index contributed by atoms with van der Waals surface area (Å²) in [6.07, 6.45) is 0. The number of hydrogen-bond acceptors (Lipinski definition) is 3. The Morgan fingerprint density at radius 1 is 1.17 bits per heavy atom. The summed E-state index contributed by atoms with van der Waals surface area (Å²) in [6, 6.07) is 13.9. The van der Waals surface area contributed by atoms with E-state index in [0.717, 1.165) is 16.9 Å². The Kier molecular flexibility index (Phi) is 6.47. The molecule has 0 radical (unpaired) electrons. The summed E-state index contributed by atoms with van der Waals surface area (Å²) < 4.78 is 17.9. The minimum Gasteiger partial charge on any atom is -0.497 e. The molecule has 5 heteroatoms. The molecule has 2 aromatic rings. The van der Waals surface area contributed by atoms with E-state index in [1.807, 2.05) is 31.2 Å². The second kappa shape index (κ2) is 8.58. The zero-order chi connectivity index (χ0) is 16.7. The van der Waals surface area contributed by atoms with Gasteiger partial charge in [-0.1, -0.05) is 24.3 Å². The van der Waals surface area contributed by atoms with Crippen molar-refractivity contribution >= 4 is 17.7 Å². The number of carbonyl (C=O) groups excluding carboxylic acids is 1. The standard InChI is InChI=1S/C18H20FNO2S/c1-13(15-5-9-17(22-2)10-6-15)20-18(21)12-23-11-14-3-7-16(19)8-4-14/h3-10,13H,11-12H2,1-2H3,(H,20,21). The van der Waals surface area contributed by atoms with Crippen LogP contribution >= 0.6 is 11.8 Å². The normalized spacial score (nSPS) is 11.8. The summed E-state index contributed by atoms with van der Waals surface area (Å²) >= 11 is 1.51. The predicted octanol–water partition coefficient (Wildman–Crippen LogP) is 3.94. The van der Waals surface area contributed by atoms with Gasteiger partial charge in [0.1, 0.15) is 11.6 Å². The number of methoxy groups -OCH3 is 1. The number of carbonyl (C=O) groups is 1. The lowest BCUT2D eigenvalue weighted by molar-refractivity contribution is -0.119. The molecule has 23 heavy (non-hydrogen) atoms. The van der Waals surface area contributed by atoms with Crippen LogP contribution in [0.5, 0.6) is 5.75 Å². The fraction of sp³-hybridized carbons (Fsp3) is 0.278. The second-order valence-electron chi connectivity index (χ2n) is 5.18. The molecule has 0 heterocycles. The first-order chi connectivity index (χ1) is 11.1. The minimum absolute atomic E-state index is 0.0135. The molecular formula is C18H20FNO2S. The number of amides is 1. The van der Waals surface area contributed by atoms with Crippen molar-refractivity contribution in [3.05, 3.63) is 65.5 Å². The third-order valence-electron chi connectivity index (χ3n) is 3.41. The number of nitrogens with one attached hydrogen (secondary N) is 1. The van der Waals surface area contributed by atoms with Crippen LogP contribution in [0.3, 0.4) is 0 Å². The fourth-order valence-electron chi connectivity index (χ4n) is 2.10. The van der Waals surface area contributed by atoms with Crippen LogP contribution in [-0.2, 0) is 10.5 Å². The molecule has 0 spiro atoms. The number of halogens is 1. The van der Waals surface area contributed by atoms with E-state index in [2.05, 4.69) is 5.32 Å². The Morgan fingerprint density at radius 3 is 2.43 bits per heavy atom. The summed E-state index contributed by atoms with van der Waals surface area (Å²) in [4.78, 5) is 12.0. The van der Waals surface area contributed by atoms with Crippen LogP contribution in [0.25, 0.3) is 0 Å². The van der Waals surface area contributed by atoms with Gasteiger partial charge in [0.25, 0.3) is 0 Å². The molecular weight excluding hydrogens is 313 g/mol. The molecule has 0 aliphatic heterocycles. The van der Waals surface area contributed by atoms with Gasteiger partial charge in [-0.05, 0) is 42.3 Å². The average Bonchev–Trinajstić information content (AvgIpc) is 2.56. The Hall–Kier alpha value is -2.01. The van der Waals surface area contributed by atoms with Gasteiger partial charge in [-0.2, -0.15) is 0 Å². The quantitative estimate of drug-likeness (QED) is 0.834. The maximum atomic E-state index is 12.8. The van der Waals surface area contributed by atoms with E-state index in [9.17, 15) is 9.18 Å². The van der Waals surface area contributed by atoms with Crippen LogP contribution in [-0.4, -0.2) is 18.8 Å². The molecule has 0 fully saturated rings. The summed E-state index contributed by atoms with van der Waals surface area (Å²) in [6.45, 7) is 1.95. The Morgan fingerprint density at radius 2 is 1.83 bits per heavy atom. The summed E-state index contributed by atoms with van der Waals surface area (Å²) in [5.41, 5.74) is 2.04. The lowest BCUT2D eigenvalue weighted by Crippen LogP contribution is -2.28. The monoisotopic (exact) mass is 333 g/mol. The van der Waals surface area contributed by atoms with Crippen molar-refractivity contribution in [2.45, 2.75) is 18.7 Å². The third-order valence-corrected chi connectivity index (χ3v) is 4.41. The number of rotatable bonds is 7. The van der Waals surface area contributed by atoms with Gasteiger partial charge >= 0.3 is 0 Å². The van der Waals surface area contributed by atoms with E-state index in [1.165, 1.54) is 23.9 Å². The molecule has 0 saturated heterocycles. The number of benzene rings is 2. The van der Waals surface area contributed by atoms with Gasteiger partial charge in [0.15, 0.2) is 0 Å². The fourth-order valence-corrected chi connectivity index (χ4v) is 2.90. The molecule has 0 aliphatic carbocycles. The first-order valence-corrected chi connectivity index (χ1v) is 8.49. The molecule has 122 valence electrons. The predicted molar refractivity (Wildman–Crippen MR) is 92.1 cm³/mol. The largest absolute Gasteiger partial charge is 0.497 e. The Labute approximate surface area is 140 Å². The van der Waals surface area contributed by atoms with Gasteiger partial charge in [-0.3, -0.25) is 4.79 Å². The summed E-state index contributed by atoms with van der Waals surface area (Å²) in [7, 11) is 1.62. The van der Waals surface area contributed by atoms with Crippen LogP contribution in [0.1, 0.15) is 24.1 Å². The zero-order valence-electron chi connectivity index (χ0n) is 13.2. The molecule has 1 amide bonds. The van der Waals surface area contributed by atoms with Crippen molar-refractivity contribution in [1.29, 1.82) is 0 Å². The highest BCUT2D eigenvalue weighted by Gasteiger charge is 2.09. The van der Waals surface area contributed by atoms with Gasteiger partial charge in [0, 0.05) is 5.75 Å². The topological polar surface area (TPSA) is 38.3 Å². The van der Waals surface area contributed by atoms with Crippen LogP contribution in [0.4, 0.5) is 4.39 Å². The maximum Gasteiger partial charge on any atom is 0.230 e. The van der Waals surface area contributed by atoms with Crippen molar-refractivity contribution in [2.75, 3.05) is 12.9 Å². The van der Waals surface area contributed by atoms with Crippen LogP contribution < -0.4 is 10.1 Å². The van der Waals surface area contributed by atoms with E-state index >= 15 is 0 Å². The second-order valence-corrected chi connectivity index (χ2v) is 6.17. The zero-order valence-corrected chi connectivity index (χ0v) is 14.0. The van der Waals surface area contributed by atoms with Crippen molar-refractivity contribution in [3.63, 3.8) is 0 Å². The van der Waals surface area contributed by atoms with E-state index in [0.29, 0.717) is 11.5 Å². The highest BCUT2D eigenvalue weighted by atomic mass is 32.2. The smallest absolute Gasteiger partial charge is 0.230 e. The lowest BCUT2D eigenvalue weighted by atomic mass is 10.1. The molecule has 2 rings (SSSR count). The van der Waals surface area contributed by atoms with Crippen LogP contribution in [0, 0.1) is 5.82 Å². The number of thioether (sulfide) groups is 1. The highest BCUT2D eigenvalue weighted by molar-refractivity contribution is 7.99. The van der Waals surface area contributed by atoms with E-state index < -0.39 is 0 Å². The molecule has 2 aromatic carbocycles. The van der Waals surface area contributed by atoms with Gasteiger partial charge in [-0.25, -0.2) is 4.39 Å². The van der Waals surface area contributed by atoms with Crippen molar-refractivity contribution < 1.29 is 13.9 Å². The van der Waals surface area contributed by atoms with Crippen LogP contribution in [0.2, 0.25) is 0 Å². The highest BCUT2D eigenvalue weighted by Crippen LogP contribution is 2.18. The lowest BCUT2D eigenvalue weighted by Gasteiger charge is -2.14. The Balaban J connectivity index is 1.76. The average molecular weight is 333 g/mol. The number of hydrogen-bond donors (Lipinski definition) is 1. The molecule has 0 aliphatic rings. The maximum absolute atomic E-state index is 12.8. The van der Waals surface area contributed by atoms with Gasteiger partial charge in [-0.15, -0.1) is 11.8 Å². The van der Waals surface area contributed by atoms with Gasteiger partial charge in [0.05, 0.1) is 18.9 Å². The van der Waals surface area contributed by atoms with Gasteiger partial charge < -0.3 is 10.1 Å². The van der Waals surface area contributed by atoms with Crippen molar-refractivity contribution in [1.82, 2.24) is 5.32 Å². The third kappa shape index (κ3) is 5.60. The van der Waals surface area contributed by atoms with E-state index in [-0.39, 0.29) is 17.8 Å². The van der Waals surface area contributed by atoms with Crippen molar-refractivity contribution in [2.24, 2.45) is 0 Å². The summed E-state index contributed by atoms with van der Waals surface area (Å²) in [5, 5.41) is 2.97. The molecule has 1 N–H and O–H groups in total. The van der Waals surface area contributed by atoms with Gasteiger partial charge in [0.2, 0.25) is 5.91 Å². The SMILES string of the molecule is COc1ccc(C(C)NC(=O)CSCc2ccc(F)cc2)cc1. The molecule has 0 aromatic heterocycles. The first kappa shape index (κ1) is 17.3. The molecule has 0 saturated carbocycles. The minimum atomic E-state index is -0.246. The van der Waals surface area contributed by atoms with E-state index in [1.54, 1.807) is 19.2 Å². The molecule has 3 nitrogen and oxygen atoms in total. The number of ether oxygens (including phenoxy) is 1. The Bertz CT molecular complexity index is 628. The summed E-state index contributed by atoms with van der Waals surface area (Å²) in [5.74, 6) is 1.59. The van der Waals surface area contributed by atoms with Crippen LogP contribution in [0.15, 0.2) is 48.5 Å². The van der Waals surface area contributed by atoms with E-state index in [4.69, 9.17) is 4.74 Å².